The monoisotopic (exact) mass is 551 g/mol. The van der Waals surface area contributed by atoms with Crippen LogP contribution in [0.5, 0.6) is 0 Å². The predicted molar refractivity (Wildman–Crippen MR) is 174 cm³/mol. The summed E-state index contributed by atoms with van der Waals surface area (Å²) in [5, 5.41) is 2.25. The molecule has 0 bridgehead atoms. The van der Waals surface area contributed by atoms with Crippen molar-refractivity contribution < 1.29 is 4.42 Å². The predicted octanol–water partition coefficient (Wildman–Crippen LogP) is 10.1. The Kier molecular flexibility index (Phi) is 6.08. The summed E-state index contributed by atoms with van der Waals surface area (Å²) in [4.78, 5) is 14.5. The van der Waals surface area contributed by atoms with E-state index in [0.717, 1.165) is 72.3 Å². The molecule has 0 atom stereocenters. The SMILES string of the molecule is c1ccc(-c2cc(-c3ccc(-c4ccc5oc6ccccc6c5c4)cc3)nc(-c3ccccc3-c3cccnc3)n2)cc1. The Balaban J connectivity index is 1.23. The van der Waals surface area contributed by atoms with Crippen LogP contribution in [-0.4, -0.2) is 15.0 Å². The first kappa shape index (κ1) is 24.9. The Morgan fingerprint density at radius 2 is 1.05 bits per heavy atom. The van der Waals surface area contributed by atoms with Gasteiger partial charge in [0.05, 0.1) is 11.4 Å². The lowest BCUT2D eigenvalue weighted by Crippen LogP contribution is -1.97. The fraction of sp³-hybridized carbons (Fsp3) is 0. The number of fused-ring (bicyclic) bond motifs is 3. The lowest BCUT2D eigenvalue weighted by Gasteiger charge is -2.13. The molecular weight excluding hydrogens is 526 g/mol. The van der Waals surface area contributed by atoms with Crippen molar-refractivity contribution in [2.45, 2.75) is 0 Å². The molecule has 0 N–H and O–H groups in total. The Hall–Kier alpha value is -5.87. The van der Waals surface area contributed by atoms with E-state index in [1.807, 2.05) is 60.8 Å². The summed E-state index contributed by atoms with van der Waals surface area (Å²) in [5.74, 6) is 0.678. The Bertz CT molecular complexity index is 2220. The van der Waals surface area contributed by atoms with E-state index in [4.69, 9.17) is 14.4 Å². The van der Waals surface area contributed by atoms with E-state index in [-0.39, 0.29) is 0 Å². The molecule has 0 amide bonds. The molecule has 3 aromatic heterocycles. The van der Waals surface area contributed by atoms with Crippen molar-refractivity contribution in [3.05, 3.63) is 152 Å². The molecule has 202 valence electrons. The average Bonchev–Trinajstić information content (AvgIpc) is 3.47. The van der Waals surface area contributed by atoms with E-state index < -0.39 is 0 Å². The molecule has 0 aliphatic carbocycles. The van der Waals surface area contributed by atoms with Gasteiger partial charge < -0.3 is 4.42 Å². The zero-order valence-electron chi connectivity index (χ0n) is 23.2. The second kappa shape index (κ2) is 10.5. The Morgan fingerprint density at radius 1 is 0.419 bits per heavy atom. The normalized spacial score (nSPS) is 11.3. The lowest BCUT2D eigenvalue weighted by molar-refractivity contribution is 0.669. The van der Waals surface area contributed by atoms with Crippen molar-refractivity contribution >= 4 is 21.9 Å². The van der Waals surface area contributed by atoms with Crippen molar-refractivity contribution in [1.82, 2.24) is 15.0 Å². The number of aromatic nitrogens is 3. The minimum Gasteiger partial charge on any atom is -0.456 e. The second-order valence-corrected chi connectivity index (χ2v) is 10.5. The molecule has 0 unspecified atom stereocenters. The van der Waals surface area contributed by atoms with Gasteiger partial charge in [0.2, 0.25) is 0 Å². The van der Waals surface area contributed by atoms with Crippen molar-refractivity contribution in [2.24, 2.45) is 0 Å². The highest BCUT2D eigenvalue weighted by atomic mass is 16.3. The summed E-state index contributed by atoms with van der Waals surface area (Å²) in [6.45, 7) is 0. The highest BCUT2D eigenvalue weighted by Gasteiger charge is 2.15. The van der Waals surface area contributed by atoms with E-state index >= 15 is 0 Å². The third-order valence-electron chi connectivity index (χ3n) is 7.83. The van der Waals surface area contributed by atoms with Crippen LogP contribution in [0.25, 0.3) is 78.1 Å². The van der Waals surface area contributed by atoms with Crippen molar-refractivity contribution in [3.8, 4) is 56.2 Å². The van der Waals surface area contributed by atoms with Crippen LogP contribution in [0.3, 0.4) is 0 Å². The molecule has 0 radical (unpaired) electrons. The van der Waals surface area contributed by atoms with E-state index in [1.165, 1.54) is 0 Å². The number of pyridine rings is 1. The minimum atomic E-state index is 0.678. The molecule has 5 aromatic carbocycles. The van der Waals surface area contributed by atoms with Gasteiger partial charge in [-0.3, -0.25) is 4.98 Å². The van der Waals surface area contributed by atoms with Gasteiger partial charge in [-0.05, 0) is 47.0 Å². The first-order chi connectivity index (χ1) is 21.3. The highest BCUT2D eigenvalue weighted by molar-refractivity contribution is 6.06. The van der Waals surface area contributed by atoms with Crippen LogP contribution in [0.15, 0.2) is 156 Å². The third-order valence-corrected chi connectivity index (χ3v) is 7.83. The molecule has 8 rings (SSSR count). The zero-order chi connectivity index (χ0) is 28.6. The quantitative estimate of drug-likeness (QED) is 0.214. The Labute approximate surface area is 249 Å². The number of benzene rings is 5. The van der Waals surface area contributed by atoms with Crippen LogP contribution < -0.4 is 0 Å². The Morgan fingerprint density at radius 3 is 1.84 bits per heavy atom. The molecule has 4 nitrogen and oxygen atoms in total. The standard InChI is InChI=1S/C39H25N3O/c1-2-9-27(10-3-1)35-24-36(42-39(41-35)33-14-5-4-12-31(33)30-11-8-22-40-25-30)28-18-16-26(17-19-28)29-20-21-38-34(23-29)32-13-6-7-15-37(32)43-38/h1-25H. The third kappa shape index (κ3) is 4.65. The molecule has 0 aliphatic rings. The number of furan rings is 1. The van der Waals surface area contributed by atoms with Crippen LogP contribution >= 0.6 is 0 Å². The van der Waals surface area contributed by atoms with Crippen molar-refractivity contribution in [2.75, 3.05) is 0 Å². The lowest BCUT2D eigenvalue weighted by atomic mass is 9.99. The van der Waals surface area contributed by atoms with Gasteiger partial charge in [0.15, 0.2) is 5.82 Å². The number of hydrogen-bond donors (Lipinski definition) is 0. The molecule has 43 heavy (non-hydrogen) atoms. The average molecular weight is 552 g/mol. The molecular formula is C39H25N3O. The van der Waals surface area contributed by atoms with E-state index in [1.54, 1.807) is 6.20 Å². The molecule has 4 heteroatoms. The number of rotatable bonds is 5. The molecule has 0 saturated carbocycles. The van der Waals surface area contributed by atoms with Crippen molar-refractivity contribution in [1.29, 1.82) is 0 Å². The van der Waals surface area contributed by atoms with Gasteiger partial charge in [-0.15, -0.1) is 0 Å². The smallest absolute Gasteiger partial charge is 0.161 e. The van der Waals surface area contributed by atoms with Crippen LogP contribution in [0.2, 0.25) is 0 Å². The highest BCUT2D eigenvalue weighted by Crippen LogP contribution is 2.35. The molecule has 0 fully saturated rings. The van der Waals surface area contributed by atoms with E-state index in [9.17, 15) is 0 Å². The summed E-state index contributed by atoms with van der Waals surface area (Å²) in [5.41, 5.74) is 10.9. The number of nitrogens with zero attached hydrogens (tertiary/aromatic N) is 3. The van der Waals surface area contributed by atoms with Crippen LogP contribution in [0.4, 0.5) is 0 Å². The summed E-state index contributed by atoms with van der Waals surface area (Å²) in [7, 11) is 0. The van der Waals surface area contributed by atoms with Gasteiger partial charge in [0.1, 0.15) is 11.2 Å². The topological polar surface area (TPSA) is 51.8 Å². The maximum Gasteiger partial charge on any atom is 0.161 e. The van der Waals surface area contributed by atoms with Gasteiger partial charge in [0.25, 0.3) is 0 Å². The minimum absolute atomic E-state index is 0.678. The fourth-order valence-corrected chi connectivity index (χ4v) is 5.66. The molecule has 8 aromatic rings. The first-order valence-electron chi connectivity index (χ1n) is 14.3. The molecule has 0 aliphatic heterocycles. The van der Waals surface area contributed by atoms with Crippen LogP contribution in [0.1, 0.15) is 0 Å². The molecule has 0 saturated heterocycles. The van der Waals surface area contributed by atoms with E-state index in [2.05, 4.69) is 89.9 Å². The van der Waals surface area contributed by atoms with Gasteiger partial charge in [-0.2, -0.15) is 0 Å². The molecule has 0 spiro atoms. The maximum atomic E-state index is 6.03. The second-order valence-electron chi connectivity index (χ2n) is 10.5. The van der Waals surface area contributed by atoms with Gasteiger partial charge in [0, 0.05) is 45.4 Å². The zero-order valence-corrected chi connectivity index (χ0v) is 23.2. The van der Waals surface area contributed by atoms with Gasteiger partial charge in [-0.1, -0.05) is 109 Å². The largest absolute Gasteiger partial charge is 0.456 e. The molecule has 3 heterocycles. The van der Waals surface area contributed by atoms with Gasteiger partial charge >= 0.3 is 0 Å². The number of hydrogen-bond acceptors (Lipinski definition) is 4. The van der Waals surface area contributed by atoms with Gasteiger partial charge in [-0.25, -0.2) is 9.97 Å². The number of para-hydroxylation sites is 1. The van der Waals surface area contributed by atoms with Crippen LogP contribution in [0, 0.1) is 0 Å². The van der Waals surface area contributed by atoms with Crippen molar-refractivity contribution in [3.63, 3.8) is 0 Å². The van der Waals surface area contributed by atoms with E-state index in [0.29, 0.717) is 5.82 Å². The fourth-order valence-electron chi connectivity index (χ4n) is 5.66. The summed E-state index contributed by atoms with van der Waals surface area (Å²) >= 11 is 0. The first-order valence-corrected chi connectivity index (χ1v) is 14.3. The summed E-state index contributed by atoms with van der Waals surface area (Å²) < 4.78 is 6.03. The van der Waals surface area contributed by atoms with Crippen LogP contribution in [-0.2, 0) is 0 Å². The maximum absolute atomic E-state index is 6.03. The summed E-state index contributed by atoms with van der Waals surface area (Å²) in [6, 6.07) is 47.8. The summed E-state index contributed by atoms with van der Waals surface area (Å²) in [6.07, 6.45) is 3.67.